The third-order valence-corrected chi connectivity index (χ3v) is 5.07. The van der Waals surface area contributed by atoms with Crippen molar-refractivity contribution in [1.82, 2.24) is 15.0 Å². The van der Waals surface area contributed by atoms with Crippen molar-refractivity contribution in [3.63, 3.8) is 0 Å². The Morgan fingerprint density at radius 2 is 2.00 bits per heavy atom. The van der Waals surface area contributed by atoms with Gasteiger partial charge in [-0.3, -0.25) is 9.59 Å². The maximum Gasteiger partial charge on any atom is 0.416 e. The summed E-state index contributed by atoms with van der Waals surface area (Å²) in [6, 6.07) is 6.14. The third kappa shape index (κ3) is 3.60. The fourth-order valence-electron chi connectivity index (χ4n) is 3.59. The van der Waals surface area contributed by atoms with Gasteiger partial charge in [0.15, 0.2) is 0 Å². The van der Waals surface area contributed by atoms with Crippen molar-refractivity contribution in [2.45, 2.75) is 19.5 Å². The molecule has 1 fully saturated rings. The van der Waals surface area contributed by atoms with Gasteiger partial charge in [-0.05, 0) is 25.1 Å². The van der Waals surface area contributed by atoms with Crippen LogP contribution in [0.5, 0.6) is 0 Å². The van der Waals surface area contributed by atoms with Crippen LogP contribution < -0.4 is 5.73 Å². The number of amides is 2. The number of carbonyl (C=O) groups excluding carboxylic acids is 2. The summed E-state index contributed by atoms with van der Waals surface area (Å²) in [6.07, 6.45) is -4.31. The maximum absolute atomic E-state index is 13.1. The van der Waals surface area contributed by atoms with Crippen LogP contribution in [-0.4, -0.2) is 39.9 Å². The number of carbonyl (C=O) groups is 2. The number of aromatic nitrogens is 2. The van der Waals surface area contributed by atoms with Gasteiger partial charge in [0, 0.05) is 31.0 Å². The number of aryl methyl sites for hydroxylation is 1. The van der Waals surface area contributed by atoms with Gasteiger partial charge in [0.25, 0.3) is 11.6 Å². The van der Waals surface area contributed by atoms with Gasteiger partial charge in [-0.25, -0.2) is 4.98 Å². The molecule has 0 bridgehead atoms. The van der Waals surface area contributed by atoms with Gasteiger partial charge < -0.3 is 15.2 Å². The normalized spacial score (nSPS) is 14.7. The second-order valence-electron chi connectivity index (χ2n) is 7.33. The summed E-state index contributed by atoms with van der Waals surface area (Å²) in [5.41, 5.74) is 5.50. The number of nitrogens with zero attached hydrogens (tertiary/aromatic N) is 3. The molecule has 2 aromatic heterocycles. The summed E-state index contributed by atoms with van der Waals surface area (Å²) in [7, 11) is 0. The highest BCUT2D eigenvalue weighted by atomic mass is 19.4. The number of halogens is 3. The molecule has 0 unspecified atom stereocenters. The number of primary amides is 1. The topological polar surface area (TPSA) is 102 Å². The molecular formula is C20H17F3N4O3. The summed E-state index contributed by atoms with van der Waals surface area (Å²) in [4.78, 5) is 29.9. The molecule has 0 atom stereocenters. The van der Waals surface area contributed by atoms with Crippen LogP contribution in [0.1, 0.15) is 28.0 Å². The average molecular weight is 418 g/mol. The lowest BCUT2D eigenvalue weighted by atomic mass is 9.94. The molecule has 156 valence electrons. The number of hydrogen-bond donors (Lipinski definition) is 1. The Hall–Kier alpha value is -3.43. The molecule has 1 aliphatic rings. The standard InChI is InChI=1S/C20H17F3N4O3/c1-10-17-14(19(29)27-8-11(9-27)5-16(24)28)7-15(25-18(17)30-26-10)12-3-2-4-13(6-12)20(21,22)23/h2-4,6-7,11H,5,8-9H2,1H3,(H2,24,28). The molecule has 1 saturated heterocycles. The van der Waals surface area contributed by atoms with Crippen LogP contribution in [0.4, 0.5) is 13.2 Å². The van der Waals surface area contributed by atoms with E-state index >= 15 is 0 Å². The monoisotopic (exact) mass is 418 g/mol. The van der Waals surface area contributed by atoms with Crippen molar-refractivity contribution in [3.8, 4) is 11.3 Å². The molecule has 0 radical (unpaired) electrons. The van der Waals surface area contributed by atoms with Crippen molar-refractivity contribution in [2.24, 2.45) is 11.7 Å². The van der Waals surface area contributed by atoms with Crippen LogP contribution in [0.3, 0.4) is 0 Å². The summed E-state index contributed by atoms with van der Waals surface area (Å²) in [6.45, 7) is 2.39. The Balaban J connectivity index is 1.73. The van der Waals surface area contributed by atoms with E-state index in [0.717, 1.165) is 12.1 Å². The van der Waals surface area contributed by atoms with E-state index < -0.39 is 17.6 Å². The summed E-state index contributed by atoms with van der Waals surface area (Å²) in [5, 5.41) is 4.25. The van der Waals surface area contributed by atoms with Crippen LogP contribution in [-0.2, 0) is 11.0 Å². The lowest BCUT2D eigenvalue weighted by Gasteiger charge is -2.38. The molecule has 1 aliphatic heterocycles. The Morgan fingerprint density at radius 3 is 2.67 bits per heavy atom. The van der Waals surface area contributed by atoms with Crippen LogP contribution >= 0.6 is 0 Å². The molecule has 0 spiro atoms. The van der Waals surface area contributed by atoms with Crippen molar-refractivity contribution in [1.29, 1.82) is 0 Å². The molecule has 0 aliphatic carbocycles. The highest BCUT2D eigenvalue weighted by molar-refractivity contribution is 6.07. The molecule has 7 nitrogen and oxygen atoms in total. The summed E-state index contributed by atoms with van der Waals surface area (Å²) in [5.74, 6) is -0.766. The van der Waals surface area contributed by atoms with Gasteiger partial charge in [0.1, 0.15) is 0 Å². The fraction of sp³-hybridized carbons (Fsp3) is 0.300. The molecule has 2 amide bonds. The number of nitrogens with two attached hydrogens (primary N) is 1. The molecule has 30 heavy (non-hydrogen) atoms. The number of pyridine rings is 1. The minimum atomic E-state index is -4.51. The van der Waals surface area contributed by atoms with E-state index in [2.05, 4.69) is 10.1 Å². The Labute approximate surface area is 168 Å². The number of benzene rings is 1. The number of hydrogen-bond acceptors (Lipinski definition) is 5. The zero-order chi connectivity index (χ0) is 21.6. The summed E-state index contributed by atoms with van der Waals surface area (Å²) < 4.78 is 44.5. The molecule has 3 heterocycles. The highest BCUT2D eigenvalue weighted by Gasteiger charge is 2.34. The first-order chi connectivity index (χ1) is 14.1. The van der Waals surface area contributed by atoms with Crippen LogP contribution in [0, 0.1) is 12.8 Å². The molecule has 1 aromatic carbocycles. The van der Waals surface area contributed by atoms with E-state index in [-0.39, 0.29) is 40.8 Å². The van der Waals surface area contributed by atoms with E-state index in [1.165, 1.54) is 18.2 Å². The minimum Gasteiger partial charge on any atom is -0.370 e. The van der Waals surface area contributed by atoms with E-state index in [1.54, 1.807) is 11.8 Å². The largest absolute Gasteiger partial charge is 0.416 e. The molecule has 4 rings (SSSR count). The maximum atomic E-state index is 13.1. The Morgan fingerprint density at radius 1 is 1.27 bits per heavy atom. The third-order valence-electron chi connectivity index (χ3n) is 5.07. The van der Waals surface area contributed by atoms with Crippen LogP contribution in [0.25, 0.3) is 22.4 Å². The van der Waals surface area contributed by atoms with Gasteiger partial charge in [0.2, 0.25) is 5.91 Å². The van der Waals surface area contributed by atoms with E-state index in [4.69, 9.17) is 10.3 Å². The second-order valence-corrected chi connectivity index (χ2v) is 7.33. The smallest absolute Gasteiger partial charge is 0.370 e. The van der Waals surface area contributed by atoms with Crippen LogP contribution in [0.15, 0.2) is 34.9 Å². The van der Waals surface area contributed by atoms with Crippen molar-refractivity contribution >= 4 is 22.9 Å². The number of rotatable bonds is 4. The summed E-state index contributed by atoms with van der Waals surface area (Å²) >= 11 is 0. The number of fused-ring (bicyclic) bond motifs is 1. The predicted octanol–water partition coefficient (Wildman–Crippen LogP) is 3.16. The first-order valence-electron chi connectivity index (χ1n) is 9.15. The first-order valence-corrected chi connectivity index (χ1v) is 9.15. The van der Waals surface area contributed by atoms with Crippen LogP contribution in [0.2, 0.25) is 0 Å². The van der Waals surface area contributed by atoms with Gasteiger partial charge in [0.05, 0.1) is 27.9 Å². The van der Waals surface area contributed by atoms with Crippen molar-refractivity contribution in [3.05, 3.63) is 47.2 Å². The van der Waals surface area contributed by atoms with E-state index in [1.807, 2.05) is 0 Å². The lowest BCUT2D eigenvalue weighted by molar-refractivity contribution is -0.137. The average Bonchev–Trinajstić information content (AvgIpc) is 3.03. The zero-order valence-corrected chi connectivity index (χ0v) is 15.9. The molecule has 10 heteroatoms. The van der Waals surface area contributed by atoms with Gasteiger partial charge >= 0.3 is 6.18 Å². The Kier molecular flexibility index (Phi) is 4.71. The lowest BCUT2D eigenvalue weighted by Crippen LogP contribution is -2.51. The first kappa shape index (κ1) is 19.9. The predicted molar refractivity (Wildman–Crippen MR) is 100 cm³/mol. The van der Waals surface area contributed by atoms with Gasteiger partial charge in [-0.2, -0.15) is 13.2 Å². The van der Waals surface area contributed by atoms with E-state index in [9.17, 15) is 22.8 Å². The number of alkyl halides is 3. The molecule has 2 N–H and O–H groups in total. The minimum absolute atomic E-state index is 0.00436. The molecular weight excluding hydrogens is 401 g/mol. The SMILES string of the molecule is Cc1noc2nc(-c3cccc(C(F)(F)F)c3)cc(C(=O)N3CC(CC(N)=O)C3)c12. The number of likely N-dealkylation sites (tertiary alicyclic amines) is 1. The van der Waals surface area contributed by atoms with Crippen molar-refractivity contribution < 1.29 is 27.3 Å². The second kappa shape index (κ2) is 7.12. The quantitative estimate of drug-likeness (QED) is 0.701. The molecule has 0 saturated carbocycles. The van der Waals surface area contributed by atoms with Crippen molar-refractivity contribution in [2.75, 3.05) is 13.1 Å². The molecule has 3 aromatic rings. The van der Waals surface area contributed by atoms with Gasteiger partial charge in [-0.15, -0.1) is 0 Å². The fourth-order valence-corrected chi connectivity index (χ4v) is 3.59. The zero-order valence-electron chi connectivity index (χ0n) is 15.9. The highest BCUT2D eigenvalue weighted by Crippen LogP contribution is 2.34. The van der Waals surface area contributed by atoms with Gasteiger partial charge in [-0.1, -0.05) is 17.3 Å². The van der Waals surface area contributed by atoms with E-state index in [0.29, 0.717) is 24.2 Å². The Bertz CT molecular complexity index is 1150.